The van der Waals surface area contributed by atoms with E-state index in [0.717, 1.165) is 24.2 Å². The Morgan fingerprint density at radius 2 is 1.92 bits per heavy atom. The molecule has 12 heavy (non-hydrogen) atoms. The highest BCUT2D eigenvalue weighted by molar-refractivity contribution is 5.69. The first-order valence-electron chi connectivity index (χ1n) is 3.96. The van der Waals surface area contributed by atoms with Crippen LogP contribution in [0.1, 0.15) is 18.7 Å². The van der Waals surface area contributed by atoms with Gasteiger partial charge in [0.2, 0.25) is 0 Å². The summed E-state index contributed by atoms with van der Waals surface area (Å²) in [6.45, 7) is 0. The van der Waals surface area contributed by atoms with E-state index in [0.29, 0.717) is 0 Å². The zero-order valence-corrected chi connectivity index (χ0v) is 6.64. The second-order valence-corrected chi connectivity index (χ2v) is 2.60. The molecule has 1 aliphatic rings. The van der Waals surface area contributed by atoms with Crippen LogP contribution in [0.15, 0.2) is 30.9 Å². The van der Waals surface area contributed by atoms with E-state index >= 15 is 0 Å². The predicted molar refractivity (Wildman–Crippen MR) is 46.2 cm³/mol. The normalized spacial score (nSPS) is 15.8. The molecule has 0 spiro atoms. The van der Waals surface area contributed by atoms with Gasteiger partial charge >= 0.3 is 0 Å². The molecular formula is C9H9N3. The molecule has 0 amide bonds. The first-order chi connectivity index (χ1) is 5.97. The van der Waals surface area contributed by atoms with Crippen LogP contribution >= 0.6 is 0 Å². The van der Waals surface area contributed by atoms with Crippen molar-refractivity contribution in [2.24, 2.45) is 0 Å². The van der Waals surface area contributed by atoms with Crippen molar-refractivity contribution in [2.45, 2.75) is 12.8 Å². The average molecular weight is 159 g/mol. The van der Waals surface area contributed by atoms with Gasteiger partial charge in [-0.3, -0.25) is 0 Å². The molecule has 1 aromatic rings. The number of allylic oxidation sites excluding steroid dienone is 4. The summed E-state index contributed by atoms with van der Waals surface area (Å²) in [6, 6.07) is 0. The Bertz CT molecular complexity index is 314. The standard InChI is InChI=1S/C9H9N3/c1-2-4-8(5-3-1)9-11-6-10-7-12-9/h2,4-7H,1,3H2. The molecule has 0 bridgehead atoms. The van der Waals surface area contributed by atoms with E-state index in [-0.39, 0.29) is 0 Å². The lowest BCUT2D eigenvalue weighted by molar-refractivity contribution is 0.995. The molecular weight excluding hydrogens is 150 g/mol. The molecule has 0 atom stereocenters. The Hall–Kier alpha value is -1.51. The summed E-state index contributed by atoms with van der Waals surface area (Å²) < 4.78 is 0. The largest absolute Gasteiger partial charge is 0.225 e. The quantitative estimate of drug-likeness (QED) is 0.624. The smallest absolute Gasteiger partial charge is 0.162 e. The van der Waals surface area contributed by atoms with Crippen LogP contribution in [-0.2, 0) is 0 Å². The Balaban J connectivity index is 2.31. The van der Waals surface area contributed by atoms with E-state index in [4.69, 9.17) is 0 Å². The third-order valence-electron chi connectivity index (χ3n) is 1.75. The first-order valence-corrected chi connectivity index (χ1v) is 3.96. The highest BCUT2D eigenvalue weighted by Gasteiger charge is 2.01. The molecule has 3 heteroatoms. The lowest BCUT2D eigenvalue weighted by atomic mass is 10.1. The van der Waals surface area contributed by atoms with Gasteiger partial charge in [0.05, 0.1) is 0 Å². The molecule has 60 valence electrons. The molecule has 0 N–H and O–H groups in total. The maximum Gasteiger partial charge on any atom is 0.162 e. The minimum absolute atomic E-state index is 0.765. The summed E-state index contributed by atoms with van der Waals surface area (Å²) in [7, 11) is 0. The summed E-state index contributed by atoms with van der Waals surface area (Å²) in [5.74, 6) is 0.765. The van der Waals surface area contributed by atoms with E-state index in [1.165, 1.54) is 12.7 Å². The fourth-order valence-electron chi connectivity index (χ4n) is 1.17. The van der Waals surface area contributed by atoms with Crippen molar-refractivity contribution < 1.29 is 0 Å². The SMILES string of the molecule is C1=CC(c2ncncn2)=CCC1. The van der Waals surface area contributed by atoms with Crippen molar-refractivity contribution in [3.8, 4) is 0 Å². The fourth-order valence-corrected chi connectivity index (χ4v) is 1.17. The van der Waals surface area contributed by atoms with Crippen molar-refractivity contribution in [3.63, 3.8) is 0 Å². The highest BCUT2D eigenvalue weighted by Crippen LogP contribution is 2.16. The van der Waals surface area contributed by atoms with Gasteiger partial charge in [0.1, 0.15) is 12.7 Å². The summed E-state index contributed by atoms with van der Waals surface area (Å²) >= 11 is 0. The molecule has 3 nitrogen and oxygen atoms in total. The molecule has 0 saturated carbocycles. The number of aromatic nitrogens is 3. The summed E-state index contributed by atoms with van der Waals surface area (Å²) in [6.07, 6.45) is 11.6. The first kappa shape index (κ1) is 7.16. The van der Waals surface area contributed by atoms with Crippen molar-refractivity contribution in [3.05, 3.63) is 36.7 Å². The van der Waals surface area contributed by atoms with Gasteiger partial charge in [-0.2, -0.15) is 0 Å². The lowest BCUT2D eigenvalue weighted by Crippen LogP contribution is -1.94. The van der Waals surface area contributed by atoms with Gasteiger partial charge in [-0.25, -0.2) is 15.0 Å². The summed E-state index contributed by atoms with van der Waals surface area (Å²) in [4.78, 5) is 11.9. The lowest BCUT2D eigenvalue weighted by Gasteiger charge is -2.03. The second-order valence-electron chi connectivity index (χ2n) is 2.60. The van der Waals surface area contributed by atoms with Crippen LogP contribution in [0.3, 0.4) is 0 Å². The third kappa shape index (κ3) is 1.39. The molecule has 1 aromatic heterocycles. The molecule has 0 aliphatic heterocycles. The number of nitrogens with zero attached hydrogens (tertiary/aromatic N) is 3. The average Bonchev–Trinajstić information content (AvgIpc) is 2.21. The van der Waals surface area contributed by atoms with Crippen LogP contribution in [0.2, 0.25) is 0 Å². The zero-order valence-electron chi connectivity index (χ0n) is 6.64. The molecule has 0 fully saturated rings. The van der Waals surface area contributed by atoms with Crippen LogP contribution in [0, 0.1) is 0 Å². The van der Waals surface area contributed by atoms with Crippen LogP contribution in [0.25, 0.3) is 5.57 Å². The van der Waals surface area contributed by atoms with Crippen molar-refractivity contribution in [1.82, 2.24) is 15.0 Å². The van der Waals surface area contributed by atoms with Crippen molar-refractivity contribution in [2.75, 3.05) is 0 Å². The van der Waals surface area contributed by atoms with Gasteiger partial charge in [-0.15, -0.1) is 0 Å². The van der Waals surface area contributed by atoms with E-state index in [1.807, 2.05) is 0 Å². The van der Waals surface area contributed by atoms with Gasteiger partial charge in [0.25, 0.3) is 0 Å². The monoisotopic (exact) mass is 159 g/mol. The molecule has 1 aliphatic carbocycles. The molecule has 0 saturated heterocycles. The van der Waals surface area contributed by atoms with Crippen LogP contribution in [0.5, 0.6) is 0 Å². The Morgan fingerprint density at radius 1 is 1.08 bits per heavy atom. The number of hydrogen-bond donors (Lipinski definition) is 0. The summed E-state index contributed by atoms with van der Waals surface area (Å²) in [5.41, 5.74) is 1.10. The highest BCUT2D eigenvalue weighted by atomic mass is 15.0. The number of rotatable bonds is 1. The predicted octanol–water partition coefficient (Wildman–Crippen LogP) is 1.60. The zero-order chi connectivity index (χ0) is 8.23. The van der Waals surface area contributed by atoms with E-state index < -0.39 is 0 Å². The number of hydrogen-bond acceptors (Lipinski definition) is 3. The van der Waals surface area contributed by atoms with E-state index in [9.17, 15) is 0 Å². The van der Waals surface area contributed by atoms with Crippen LogP contribution in [-0.4, -0.2) is 15.0 Å². The summed E-state index contributed by atoms with van der Waals surface area (Å²) in [5, 5.41) is 0. The minimum Gasteiger partial charge on any atom is -0.225 e. The molecule has 0 unspecified atom stereocenters. The van der Waals surface area contributed by atoms with Crippen LogP contribution in [0.4, 0.5) is 0 Å². The van der Waals surface area contributed by atoms with E-state index in [2.05, 4.69) is 33.2 Å². The molecule has 0 radical (unpaired) electrons. The Morgan fingerprint density at radius 3 is 2.58 bits per heavy atom. The van der Waals surface area contributed by atoms with E-state index in [1.54, 1.807) is 0 Å². The van der Waals surface area contributed by atoms with Gasteiger partial charge < -0.3 is 0 Å². The fraction of sp³-hybridized carbons (Fsp3) is 0.222. The van der Waals surface area contributed by atoms with Gasteiger partial charge in [0.15, 0.2) is 5.82 Å². The maximum atomic E-state index is 4.06. The Kier molecular flexibility index (Phi) is 1.94. The molecule has 1 heterocycles. The van der Waals surface area contributed by atoms with Gasteiger partial charge in [-0.1, -0.05) is 18.2 Å². The van der Waals surface area contributed by atoms with Gasteiger partial charge in [-0.05, 0) is 12.8 Å². The van der Waals surface area contributed by atoms with Crippen molar-refractivity contribution in [1.29, 1.82) is 0 Å². The minimum atomic E-state index is 0.765. The van der Waals surface area contributed by atoms with Crippen molar-refractivity contribution >= 4 is 5.57 Å². The van der Waals surface area contributed by atoms with Crippen LogP contribution < -0.4 is 0 Å². The third-order valence-corrected chi connectivity index (χ3v) is 1.75. The topological polar surface area (TPSA) is 38.7 Å². The maximum absolute atomic E-state index is 4.06. The molecule has 0 aromatic carbocycles. The molecule has 2 rings (SSSR count). The van der Waals surface area contributed by atoms with Gasteiger partial charge in [0, 0.05) is 5.57 Å². The Labute approximate surface area is 70.9 Å². The second kappa shape index (κ2) is 3.26.